The van der Waals surface area contributed by atoms with Gasteiger partial charge in [-0.3, -0.25) is 4.68 Å². The van der Waals surface area contributed by atoms with Crippen LogP contribution in [0.4, 0.5) is 0 Å². The van der Waals surface area contributed by atoms with Crippen molar-refractivity contribution in [3.05, 3.63) is 11.9 Å². The first-order chi connectivity index (χ1) is 9.80. The van der Waals surface area contributed by atoms with Gasteiger partial charge in [0.1, 0.15) is 0 Å². The molecule has 1 aliphatic carbocycles. The molecule has 0 aromatic carbocycles. The van der Waals surface area contributed by atoms with Crippen LogP contribution in [-0.4, -0.2) is 28.1 Å². The first-order valence-corrected chi connectivity index (χ1v) is 8.21. The molecule has 0 atom stereocenters. The Morgan fingerprint density at radius 1 is 1.10 bits per heavy atom. The van der Waals surface area contributed by atoms with Crippen molar-refractivity contribution in [2.24, 2.45) is 0 Å². The Morgan fingerprint density at radius 2 is 1.67 bits per heavy atom. The fourth-order valence-corrected chi connectivity index (χ4v) is 3.23. The highest BCUT2D eigenvalue weighted by Gasteiger charge is 2.52. The van der Waals surface area contributed by atoms with E-state index in [1.54, 1.807) is 0 Å². The van der Waals surface area contributed by atoms with Gasteiger partial charge in [-0.05, 0) is 47.5 Å². The molecule has 1 aromatic rings. The van der Waals surface area contributed by atoms with E-state index in [-0.39, 0.29) is 18.3 Å². The maximum Gasteiger partial charge on any atom is 0.498 e. The molecular weight excluding hydrogens is 263 g/mol. The monoisotopic (exact) mass is 290 g/mol. The Labute approximate surface area is 128 Å². The van der Waals surface area contributed by atoms with Gasteiger partial charge in [0.2, 0.25) is 0 Å². The molecule has 1 aromatic heterocycles. The van der Waals surface area contributed by atoms with E-state index in [1.807, 2.05) is 0 Å². The number of aryl methyl sites for hydroxylation is 1. The highest BCUT2D eigenvalue weighted by molar-refractivity contribution is 6.62. The van der Waals surface area contributed by atoms with Crippen LogP contribution in [-0.2, 0) is 9.31 Å². The van der Waals surface area contributed by atoms with E-state index in [4.69, 9.17) is 14.4 Å². The average Bonchev–Trinajstić information content (AvgIpc) is 2.89. The lowest BCUT2D eigenvalue weighted by Gasteiger charge is -2.32. The molecule has 5 heteroatoms. The van der Waals surface area contributed by atoms with Crippen molar-refractivity contribution < 1.29 is 9.31 Å². The van der Waals surface area contributed by atoms with Crippen molar-refractivity contribution in [3.8, 4) is 0 Å². The van der Waals surface area contributed by atoms with E-state index in [1.165, 1.54) is 32.1 Å². The zero-order valence-corrected chi connectivity index (χ0v) is 14.0. The number of rotatable bonds is 2. The first kappa shape index (κ1) is 15.1. The number of hydrogen-bond acceptors (Lipinski definition) is 3. The summed E-state index contributed by atoms with van der Waals surface area (Å²) in [5.41, 5.74) is 1.52. The first-order valence-electron chi connectivity index (χ1n) is 8.21. The Kier molecular flexibility index (Phi) is 3.69. The van der Waals surface area contributed by atoms with Gasteiger partial charge in [-0.15, -0.1) is 0 Å². The van der Waals surface area contributed by atoms with Gasteiger partial charge in [-0.1, -0.05) is 19.3 Å². The van der Waals surface area contributed by atoms with E-state index >= 15 is 0 Å². The van der Waals surface area contributed by atoms with Crippen molar-refractivity contribution in [3.63, 3.8) is 0 Å². The minimum Gasteiger partial charge on any atom is -0.399 e. The van der Waals surface area contributed by atoms with E-state index in [2.05, 4.69) is 45.5 Å². The normalized spacial score (nSPS) is 25.5. The maximum atomic E-state index is 6.16. The third-order valence-corrected chi connectivity index (χ3v) is 5.41. The van der Waals surface area contributed by atoms with E-state index in [0.29, 0.717) is 6.04 Å². The molecule has 0 amide bonds. The quantitative estimate of drug-likeness (QED) is 0.786. The SMILES string of the molecule is Cc1nn(C2CCCCC2)cc1B1OC(C)(C)C(C)(C)O1. The summed E-state index contributed by atoms with van der Waals surface area (Å²) in [6.07, 6.45) is 8.62. The Hall–Kier alpha value is -0.805. The van der Waals surface area contributed by atoms with Crippen molar-refractivity contribution >= 4 is 12.6 Å². The fourth-order valence-electron chi connectivity index (χ4n) is 3.23. The predicted molar refractivity (Wildman–Crippen MR) is 84.8 cm³/mol. The molecule has 2 heterocycles. The van der Waals surface area contributed by atoms with Crippen LogP contribution < -0.4 is 5.46 Å². The highest BCUT2D eigenvalue weighted by atomic mass is 16.7. The van der Waals surface area contributed by atoms with Gasteiger partial charge in [0.15, 0.2) is 0 Å². The summed E-state index contributed by atoms with van der Waals surface area (Å²) in [5, 5.41) is 4.73. The molecule has 0 bridgehead atoms. The van der Waals surface area contributed by atoms with Crippen LogP contribution in [0, 0.1) is 6.92 Å². The number of hydrogen-bond donors (Lipinski definition) is 0. The van der Waals surface area contributed by atoms with Gasteiger partial charge >= 0.3 is 7.12 Å². The van der Waals surface area contributed by atoms with Crippen LogP contribution in [0.15, 0.2) is 6.20 Å². The number of nitrogens with zero attached hydrogens (tertiary/aromatic N) is 2. The van der Waals surface area contributed by atoms with Crippen molar-refractivity contribution in [2.75, 3.05) is 0 Å². The van der Waals surface area contributed by atoms with Crippen molar-refractivity contribution in [1.29, 1.82) is 0 Å². The van der Waals surface area contributed by atoms with Crippen LogP contribution in [0.5, 0.6) is 0 Å². The zero-order chi connectivity index (χ0) is 15.3. The molecule has 1 saturated carbocycles. The van der Waals surface area contributed by atoms with Crippen LogP contribution in [0.1, 0.15) is 71.5 Å². The molecule has 1 saturated heterocycles. The van der Waals surface area contributed by atoms with E-state index in [9.17, 15) is 0 Å². The van der Waals surface area contributed by atoms with Crippen molar-refractivity contribution in [1.82, 2.24) is 9.78 Å². The third kappa shape index (κ3) is 2.66. The molecule has 116 valence electrons. The van der Waals surface area contributed by atoms with Gasteiger partial charge < -0.3 is 9.31 Å². The lowest BCUT2D eigenvalue weighted by molar-refractivity contribution is 0.00578. The molecule has 0 spiro atoms. The minimum absolute atomic E-state index is 0.295. The lowest BCUT2D eigenvalue weighted by atomic mass is 9.79. The molecule has 4 nitrogen and oxygen atoms in total. The molecule has 2 aliphatic rings. The molecule has 1 aliphatic heterocycles. The Balaban J connectivity index is 1.82. The lowest BCUT2D eigenvalue weighted by Crippen LogP contribution is -2.41. The predicted octanol–water partition coefficient (Wildman–Crippen LogP) is 3.00. The van der Waals surface area contributed by atoms with Crippen LogP contribution in [0.25, 0.3) is 0 Å². The molecule has 0 N–H and O–H groups in total. The molecular formula is C16H27BN2O2. The van der Waals surface area contributed by atoms with Crippen molar-refractivity contribution in [2.45, 2.75) is 84.0 Å². The second-order valence-corrected chi connectivity index (χ2v) is 7.53. The summed E-state index contributed by atoms with van der Waals surface area (Å²) >= 11 is 0. The Bertz CT molecular complexity index is 502. The summed E-state index contributed by atoms with van der Waals surface area (Å²) in [6.45, 7) is 10.4. The van der Waals surface area contributed by atoms with Crippen LogP contribution >= 0.6 is 0 Å². The molecule has 21 heavy (non-hydrogen) atoms. The maximum absolute atomic E-state index is 6.16. The summed E-state index contributed by atoms with van der Waals surface area (Å²) in [4.78, 5) is 0. The standard InChI is InChI=1S/C16H27BN2O2/c1-12-14(17-20-15(2,3)16(4,5)21-17)11-19(18-12)13-9-7-6-8-10-13/h11,13H,6-10H2,1-5H3. The molecule has 2 fully saturated rings. The summed E-state index contributed by atoms with van der Waals surface area (Å²) in [7, 11) is -0.299. The van der Waals surface area contributed by atoms with E-state index < -0.39 is 0 Å². The van der Waals surface area contributed by atoms with Gasteiger partial charge in [0.05, 0.1) is 22.9 Å². The number of aromatic nitrogens is 2. The highest BCUT2D eigenvalue weighted by Crippen LogP contribution is 2.37. The summed E-state index contributed by atoms with van der Waals surface area (Å²) < 4.78 is 14.5. The third-order valence-electron chi connectivity index (χ3n) is 5.41. The van der Waals surface area contributed by atoms with Gasteiger partial charge in [0, 0.05) is 11.7 Å². The molecule has 3 rings (SSSR count). The average molecular weight is 290 g/mol. The van der Waals surface area contributed by atoms with Gasteiger partial charge in [-0.25, -0.2) is 0 Å². The smallest absolute Gasteiger partial charge is 0.399 e. The topological polar surface area (TPSA) is 36.3 Å². The zero-order valence-electron chi connectivity index (χ0n) is 14.0. The minimum atomic E-state index is -0.299. The fraction of sp³-hybridized carbons (Fsp3) is 0.812. The second-order valence-electron chi connectivity index (χ2n) is 7.53. The largest absolute Gasteiger partial charge is 0.498 e. The molecule has 0 unspecified atom stereocenters. The Morgan fingerprint density at radius 3 is 2.24 bits per heavy atom. The van der Waals surface area contributed by atoms with Gasteiger partial charge in [-0.2, -0.15) is 5.10 Å². The summed E-state index contributed by atoms with van der Waals surface area (Å²) in [6, 6.07) is 0.550. The van der Waals surface area contributed by atoms with Gasteiger partial charge in [0.25, 0.3) is 0 Å². The summed E-state index contributed by atoms with van der Waals surface area (Å²) in [5.74, 6) is 0. The second kappa shape index (κ2) is 5.13. The van der Waals surface area contributed by atoms with E-state index in [0.717, 1.165) is 11.2 Å². The molecule has 0 radical (unpaired) electrons. The van der Waals surface area contributed by atoms with Crippen LogP contribution in [0.2, 0.25) is 0 Å². The van der Waals surface area contributed by atoms with Crippen LogP contribution in [0.3, 0.4) is 0 Å².